The summed E-state index contributed by atoms with van der Waals surface area (Å²) < 4.78 is 4.53. The molecule has 1 aromatic heterocycles. The molecule has 1 heterocycles. The van der Waals surface area contributed by atoms with Crippen LogP contribution in [-0.2, 0) is 11.2 Å². The molecule has 6 heteroatoms. The van der Waals surface area contributed by atoms with E-state index in [4.69, 9.17) is 4.98 Å². The smallest absolute Gasteiger partial charge is 0.224 e. The summed E-state index contributed by atoms with van der Waals surface area (Å²) in [5, 5.41) is 0.904. The predicted octanol–water partition coefficient (Wildman–Crippen LogP) is 4.38. The van der Waals surface area contributed by atoms with Crippen LogP contribution in [0.3, 0.4) is 0 Å². The van der Waals surface area contributed by atoms with Crippen LogP contribution in [-0.4, -0.2) is 45.8 Å². The molecule has 0 aliphatic carbocycles. The fourth-order valence-electron chi connectivity index (χ4n) is 3.06. The maximum absolute atomic E-state index is 12.6. The normalized spacial score (nSPS) is 11.0. The van der Waals surface area contributed by atoms with E-state index >= 15 is 0 Å². The van der Waals surface area contributed by atoms with Crippen molar-refractivity contribution < 1.29 is 4.79 Å². The van der Waals surface area contributed by atoms with E-state index in [2.05, 4.69) is 49.1 Å². The third kappa shape index (κ3) is 6.61. The molecular weight excluding hydrogens is 356 g/mol. The van der Waals surface area contributed by atoms with Crippen LogP contribution in [0.1, 0.15) is 58.3 Å². The lowest BCUT2D eigenvalue weighted by molar-refractivity contribution is -0.131. The van der Waals surface area contributed by atoms with Crippen molar-refractivity contribution in [3.63, 3.8) is 0 Å². The number of nitrogens with zero attached hydrogens (tertiary/aromatic N) is 4. The molecule has 0 aliphatic heterocycles. The van der Waals surface area contributed by atoms with Crippen molar-refractivity contribution in [3.8, 4) is 0 Å². The number of amides is 1. The number of hydrogen-bond donors (Lipinski definition) is 0. The van der Waals surface area contributed by atoms with Gasteiger partial charge in [-0.25, -0.2) is 4.98 Å². The van der Waals surface area contributed by atoms with E-state index in [-0.39, 0.29) is 11.9 Å². The lowest BCUT2D eigenvalue weighted by Gasteiger charge is -2.27. The van der Waals surface area contributed by atoms with Crippen molar-refractivity contribution >= 4 is 22.6 Å². The van der Waals surface area contributed by atoms with Gasteiger partial charge >= 0.3 is 0 Å². The van der Waals surface area contributed by atoms with Crippen molar-refractivity contribution in [2.24, 2.45) is 0 Å². The molecule has 1 aromatic carbocycles. The summed E-state index contributed by atoms with van der Waals surface area (Å²) in [4.78, 5) is 21.5. The Morgan fingerprint density at radius 3 is 2.33 bits per heavy atom. The van der Waals surface area contributed by atoms with E-state index in [0.29, 0.717) is 13.0 Å². The molecule has 0 atom stereocenters. The van der Waals surface area contributed by atoms with Gasteiger partial charge in [0.05, 0.1) is 0 Å². The van der Waals surface area contributed by atoms with Crippen LogP contribution >= 0.6 is 11.5 Å². The quantitative estimate of drug-likeness (QED) is 0.573. The van der Waals surface area contributed by atoms with Gasteiger partial charge in [-0.3, -0.25) is 4.79 Å². The van der Waals surface area contributed by atoms with Crippen LogP contribution in [0.25, 0.3) is 0 Å². The fourth-order valence-corrected chi connectivity index (χ4v) is 3.91. The molecule has 0 aliphatic rings. The van der Waals surface area contributed by atoms with Crippen LogP contribution in [0.4, 0.5) is 5.13 Å². The number of hydrogen-bond acceptors (Lipinski definition) is 5. The molecule has 0 unspecified atom stereocenters. The minimum absolute atomic E-state index is 0.235. The Bertz CT molecular complexity index is 680. The topological polar surface area (TPSA) is 49.3 Å². The second kappa shape index (κ2) is 11.0. The molecule has 0 saturated heterocycles. The van der Waals surface area contributed by atoms with Crippen LogP contribution in [0, 0.1) is 0 Å². The maximum Gasteiger partial charge on any atom is 0.224 e. The van der Waals surface area contributed by atoms with Gasteiger partial charge in [0.1, 0.15) is 5.82 Å². The minimum atomic E-state index is 0.235. The molecule has 2 rings (SSSR count). The van der Waals surface area contributed by atoms with Gasteiger partial charge in [-0.2, -0.15) is 4.37 Å². The van der Waals surface area contributed by atoms with Crippen molar-refractivity contribution in [3.05, 3.63) is 41.7 Å². The van der Waals surface area contributed by atoms with E-state index in [1.54, 1.807) is 0 Å². The second-order valence-electron chi connectivity index (χ2n) is 7.07. The Kier molecular flexibility index (Phi) is 8.72. The monoisotopic (exact) mass is 388 g/mol. The van der Waals surface area contributed by atoms with Crippen LogP contribution in [0.5, 0.6) is 0 Å². The summed E-state index contributed by atoms with van der Waals surface area (Å²) >= 11 is 1.43. The van der Waals surface area contributed by atoms with E-state index in [9.17, 15) is 4.79 Å². The number of carbonyl (C=O) groups excluding carboxylic acids is 1. The lowest BCUT2D eigenvalue weighted by atomic mass is 10.1. The van der Waals surface area contributed by atoms with Crippen molar-refractivity contribution in [2.45, 2.75) is 59.4 Å². The summed E-state index contributed by atoms with van der Waals surface area (Å²) in [7, 11) is 0. The SMILES string of the molecule is CCCN(CCC)C(=O)CCN(c1nc(Cc2ccccc2)ns1)C(C)C. The molecule has 27 heavy (non-hydrogen) atoms. The molecule has 148 valence electrons. The number of carbonyl (C=O) groups is 1. The van der Waals surface area contributed by atoms with Crippen LogP contribution in [0.15, 0.2) is 30.3 Å². The van der Waals surface area contributed by atoms with E-state index in [0.717, 1.165) is 43.3 Å². The molecular formula is C21H32N4OS. The van der Waals surface area contributed by atoms with Crippen molar-refractivity contribution in [1.29, 1.82) is 0 Å². The Hall–Kier alpha value is -1.95. The zero-order valence-electron chi connectivity index (χ0n) is 17.0. The first-order valence-electron chi connectivity index (χ1n) is 9.96. The second-order valence-corrected chi connectivity index (χ2v) is 7.80. The fraction of sp³-hybridized carbons (Fsp3) is 0.571. The Balaban J connectivity index is 1.99. The Morgan fingerprint density at radius 2 is 1.74 bits per heavy atom. The molecule has 0 radical (unpaired) electrons. The first-order chi connectivity index (χ1) is 13.0. The summed E-state index contributed by atoms with van der Waals surface area (Å²) in [5.41, 5.74) is 1.21. The zero-order valence-corrected chi connectivity index (χ0v) is 17.8. The average Bonchev–Trinajstić information content (AvgIpc) is 3.10. The highest BCUT2D eigenvalue weighted by atomic mass is 32.1. The molecule has 2 aromatic rings. The van der Waals surface area contributed by atoms with Gasteiger partial charge in [0.2, 0.25) is 11.0 Å². The molecule has 0 fully saturated rings. The number of rotatable bonds is 11. The van der Waals surface area contributed by atoms with E-state index in [1.165, 1.54) is 17.1 Å². The Morgan fingerprint density at radius 1 is 1.07 bits per heavy atom. The summed E-state index contributed by atoms with van der Waals surface area (Å²) in [6.07, 6.45) is 3.26. The van der Waals surface area contributed by atoms with E-state index < -0.39 is 0 Å². The lowest BCUT2D eigenvalue weighted by Crippen LogP contribution is -2.38. The first kappa shape index (κ1) is 21.4. The van der Waals surface area contributed by atoms with Gasteiger partial charge in [0, 0.05) is 50.1 Å². The third-order valence-corrected chi connectivity index (χ3v) is 5.23. The van der Waals surface area contributed by atoms with E-state index in [1.807, 2.05) is 23.1 Å². The average molecular weight is 389 g/mol. The molecule has 0 N–H and O–H groups in total. The summed E-state index contributed by atoms with van der Waals surface area (Å²) in [6, 6.07) is 10.5. The number of aromatic nitrogens is 2. The highest BCUT2D eigenvalue weighted by molar-refractivity contribution is 7.09. The van der Waals surface area contributed by atoms with Crippen LogP contribution in [0.2, 0.25) is 0 Å². The van der Waals surface area contributed by atoms with Gasteiger partial charge in [-0.1, -0.05) is 44.2 Å². The molecule has 5 nitrogen and oxygen atoms in total. The van der Waals surface area contributed by atoms with Gasteiger partial charge in [-0.15, -0.1) is 0 Å². The predicted molar refractivity (Wildman–Crippen MR) is 113 cm³/mol. The highest BCUT2D eigenvalue weighted by Gasteiger charge is 2.19. The van der Waals surface area contributed by atoms with Crippen molar-refractivity contribution in [1.82, 2.24) is 14.3 Å². The highest BCUT2D eigenvalue weighted by Crippen LogP contribution is 2.21. The molecule has 0 spiro atoms. The largest absolute Gasteiger partial charge is 0.344 e. The molecule has 1 amide bonds. The minimum Gasteiger partial charge on any atom is -0.344 e. The van der Waals surface area contributed by atoms with Crippen LogP contribution < -0.4 is 4.90 Å². The third-order valence-electron chi connectivity index (χ3n) is 4.44. The summed E-state index contributed by atoms with van der Waals surface area (Å²) in [6.45, 7) is 10.9. The zero-order chi connectivity index (χ0) is 19.6. The van der Waals surface area contributed by atoms with Gasteiger partial charge < -0.3 is 9.80 Å². The maximum atomic E-state index is 12.6. The standard InChI is InChI=1S/C21H32N4OS/c1-5-13-24(14-6-2)20(26)12-15-25(17(3)4)21-22-19(23-27-21)16-18-10-8-7-9-11-18/h7-11,17H,5-6,12-16H2,1-4H3. The Labute approximate surface area is 167 Å². The summed E-state index contributed by atoms with van der Waals surface area (Å²) in [5.74, 6) is 1.08. The molecule has 0 bridgehead atoms. The van der Waals surface area contributed by atoms with Crippen molar-refractivity contribution in [2.75, 3.05) is 24.5 Å². The van der Waals surface area contributed by atoms with Gasteiger partial charge in [0.25, 0.3) is 0 Å². The number of benzene rings is 1. The van der Waals surface area contributed by atoms with Gasteiger partial charge in [-0.05, 0) is 32.3 Å². The number of anilines is 1. The molecule has 0 saturated carbocycles. The first-order valence-corrected chi connectivity index (χ1v) is 10.7. The van der Waals surface area contributed by atoms with Gasteiger partial charge in [0.15, 0.2) is 0 Å².